The van der Waals surface area contributed by atoms with Crippen LogP contribution in [0.2, 0.25) is 0 Å². The van der Waals surface area contributed by atoms with Gasteiger partial charge >= 0.3 is 5.97 Å². The predicted molar refractivity (Wildman–Crippen MR) is 106 cm³/mol. The van der Waals surface area contributed by atoms with Crippen LogP contribution >= 0.6 is 0 Å². The van der Waals surface area contributed by atoms with Gasteiger partial charge in [-0.05, 0) is 30.5 Å². The third-order valence-electron chi connectivity index (χ3n) is 4.09. The van der Waals surface area contributed by atoms with E-state index in [-0.39, 0.29) is 18.9 Å². The number of ketones is 1. The average Bonchev–Trinajstić information content (AvgIpc) is 2.71. The van der Waals surface area contributed by atoms with Crippen LogP contribution < -0.4 is 10.1 Å². The Balaban J connectivity index is 1.82. The fourth-order valence-electron chi connectivity index (χ4n) is 2.52. The highest BCUT2D eigenvalue weighted by molar-refractivity contribution is 5.99. The number of amides is 1. The zero-order valence-corrected chi connectivity index (χ0v) is 16.4. The molecule has 0 atom stereocenters. The summed E-state index contributed by atoms with van der Waals surface area (Å²) in [5, 5.41) is 2.48. The molecule has 0 aliphatic heterocycles. The highest BCUT2D eigenvalue weighted by Gasteiger charge is 2.15. The normalized spacial score (nSPS) is 10.4. The first-order chi connectivity index (χ1) is 13.4. The average molecular weight is 383 g/mol. The van der Waals surface area contributed by atoms with Crippen molar-refractivity contribution in [2.45, 2.75) is 26.7 Å². The maximum Gasteiger partial charge on any atom is 0.325 e. The van der Waals surface area contributed by atoms with E-state index in [2.05, 4.69) is 19.2 Å². The Morgan fingerprint density at radius 3 is 2.32 bits per heavy atom. The van der Waals surface area contributed by atoms with E-state index in [0.717, 1.165) is 5.56 Å². The molecular weight excluding hydrogens is 358 g/mol. The molecule has 6 heteroatoms. The SMILES string of the molecule is CCOc1ccccc1C(=O)NCC(=O)OCC(=O)c1ccc(C(C)C)cc1. The van der Waals surface area contributed by atoms with Crippen LogP contribution in [0.4, 0.5) is 0 Å². The van der Waals surface area contributed by atoms with Gasteiger partial charge in [-0.15, -0.1) is 0 Å². The van der Waals surface area contributed by atoms with Gasteiger partial charge in [0.2, 0.25) is 0 Å². The number of hydrogen-bond donors (Lipinski definition) is 1. The fourth-order valence-corrected chi connectivity index (χ4v) is 2.52. The lowest BCUT2D eigenvalue weighted by atomic mass is 10.0. The van der Waals surface area contributed by atoms with Gasteiger partial charge in [0, 0.05) is 5.56 Å². The van der Waals surface area contributed by atoms with E-state index < -0.39 is 11.9 Å². The number of Topliss-reactive ketones (excluding diaryl/α,β-unsaturated/α-hetero) is 1. The summed E-state index contributed by atoms with van der Waals surface area (Å²) < 4.78 is 10.4. The Kier molecular flexibility index (Phi) is 7.75. The van der Waals surface area contributed by atoms with Gasteiger partial charge in [0.25, 0.3) is 5.91 Å². The van der Waals surface area contributed by atoms with Crippen molar-refractivity contribution in [1.82, 2.24) is 5.32 Å². The van der Waals surface area contributed by atoms with E-state index in [1.807, 2.05) is 19.1 Å². The topological polar surface area (TPSA) is 81.7 Å². The maximum absolute atomic E-state index is 12.2. The highest BCUT2D eigenvalue weighted by Crippen LogP contribution is 2.17. The van der Waals surface area contributed by atoms with Crippen LogP contribution in [0.3, 0.4) is 0 Å². The van der Waals surface area contributed by atoms with Gasteiger partial charge < -0.3 is 14.8 Å². The number of para-hydroxylation sites is 1. The second-order valence-electron chi connectivity index (χ2n) is 6.47. The van der Waals surface area contributed by atoms with Crippen LogP contribution in [0.5, 0.6) is 5.75 Å². The minimum atomic E-state index is -0.686. The Labute approximate surface area is 164 Å². The first-order valence-electron chi connectivity index (χ1n) is 9.21. The zero-order valence-electron chi connectivity index (χ0n) is 16.4. The van der Waals surface area contributed by atoms with Crippen molar-refractivity contribution in [3.63, 3.8) is 0 Å². The first-order valence-corrected chi connectivity index (χ1v) is 9.21. The molecule has 1 amide bonds. The first kappa shape index (κ1) is 21.2. The lowest BCUT2D eigenvalue weighted by molar-refractivity contribution is -0.141. The zero-order chi connectivity index (χ0) is 20.5. The van der Waals surface area contributed by atoms with Gasteiger partial charge in [-0.3, -0.25) is 14.4 Å². The van der Waals surface area contributed by atoms with Crippen molar-refractivity contribution >= 4 is 17.7 Å². The lowest BCUT2D eigenvalue weighted by Gasteiger charge is -2.10. The molecule has 0 spiro atoms. The molecule has 0 heterocycles. The minimum Gasteiger partial charge on any atom is -0.493 e. The van der Waals surface area contributed by atoms with Crippen LogP contribution in [0.25, 0.3) is 0 Å². The largest absolute Gasteiger partial charge is 0.493 e. The summed E-state index contributed by atoms with van der Waals surface area (Å²) in [6, 6.07) is 14.0. The second kappa shape index (κ2) is 10.3. The molecule has 0 saturated carbocycles. The monoisotopic (exact) mass is 383 g/mol. The third kappa shape index (κ3) is 5.94. The van der Waals surface area contributed by atoms with E-state index in [4.69, 9.17) is 9.47 Å². The van der Waals surface area contributed by atoms with Gasteiger partial charge in [0.05, 0.1) is 12.2 Å². The van der Waals surface area contributed by atoms with Crippen molar-refractivity contribution in [3.05, 3.63) is 65.2 Å². The quantitative estimate of drug-likeness (QED) is 0.530. The van der Waals surface area contributed by atoms with Gasteiger partial charge in [0.15, 0.2) is 12.4 Å². The van der Waals surface area contributed by atoms with E-state index in [9.17, 15) is 14.4 Å². The maximum atomic E-state index is 12.2. The molecule has 0 aliphatic carbocycles. The molecule has 0 bridgehead atoms. The number of nitrogens with one attached hydrogen (secondary N) is 1. The summed E-state index contributed by atoms with van der Waals surface area (Å²) in [6.07, 6.45) is 0. The molecule has 148 valence electrons. The predicted octanol–water partition coefficient (Wildman–Crippen LogP) is 3.36. The van der Waals surface area contributed by atoms with E-state index >= 15 is 0 Å². The molecule has 28 heavy (non-hydrogen) atoms. The van der Waals surface area contributed by atoms with Crippen molar-refractivity contribution in [3.8, 4) is 5.75 Å². The molecule has 0 aromatic heterocycles. The molecule has 2 aromatic carbocycles. The number of benzene rings is 2. The molecule has 0 radical (unpaired) electrons. The molecule has 0 saturated heterocycles. The van der Waals surface area contributed by atoms with Gasteiger partial charge in [-0.2, -0.15) is 0 Å². The van der Waals surface area contributed by atoms with Crippen molar-refractivity contribution in [2.24, 2.45) is 0 Å². The van der Waals surface area contributed by atoms with E-state index in [0.29, 0.717) is 29.4 Å². The van der Waals surface area contributed by atoms with Gasteiger partial charge in [-0.1, -0.05) is 50.2 Å². The molecular formula is C22H25NO5. The van der Waals surface area contributed by atoms with Crippen LogP contribution in [0.15, 0.2) is 48.5 Å². The number of rotatable bonds is 9. The number of ether oxygens (including phenoxy) is 2. The summed E-state index contributed by atoms with van der Waals surface area (Å²) in [4.78, 5) is 36.2. The molecule has 0 aliphatic rings. The van der Waals surface area contributed by atoms with Crippen LogP contribution in [-0.2, 0) is 9.53 Å². The van der Waals surface area contributed by atoms with Crippen LogP contribution in [0.1, 0.15) is 53.0 Å². The molecule has 2 rings (SSSR count). The van der Waals surface area contributed by atoms with Crippen molar-refractivity contribution in [2.75, 3.05) is 19.8 Å². The molecule has 6 nitrogen and oxygen atoms in total. The summed E-state index contributed by atoms with van der Waals surface area (Å²) in [7, 11) is 0. The summed E-state index contributed by atoms with van der Waals surface area (Å²) in [6.45, 7) is 5.68. The second-order valence-corrected chi connectivity index (χ2v) is 6.47. The number of carbonyl (C=O) groups excluding carboxylic acids is 3. The molecule has 0 unspecified atom stereocenters. The summed E-state index contributed by atoms with van der Waals surface area (Å²) in [5.74, 6) is -0.614. The Bertz CT molecular complexity index is 827. The number of carbonyl (C=O) groups is 3. The minimum absolute atomic E-state index is 0.295. The summed E-state index contributed by atoms with van der Waals surface area (Å²) >= 11 is 0. The fraction of sp³-hybridized carbons (Fsp3) is 0.318. The Morgan fingerprint density at radius 1 is 1.00 bits per heavy atom. The Morgan fingerprint density at radius 2 is 1.68 bits per heavy atom. The van der Waals surface area contributed by atoms with Gasteiger partial charge in [-0.25, -0.2) is 0 Å². The third-order valence-corrected chi connectivity index (χ3v) is 4.09. The Hall–Kier alpha value is -3.15. The number of hydrogen-bond acceptors (Lipinski definition) is 5. The molecule has 1 N–H and O–H groups in total. The van der Waals surface area contributed by atoms with E-state index in [1.54, 1.807) is 36.4 Å². The molecule has 0 fully saturated rings. The van der Waals surface area contributed by atoms with Crippen LogP contribution in [-0.4, -0.2) is 37.4 Å². The highest BCUT2D eigenvalue weighted by atomic mass is 16.5. The van der Waals surface area contributed by atoms with Crippen LogP contribution in [0, 0.1) is 0 Å². The smallest absolute Gasteiger partial charge is 0.325 e. The summed E-state index contributed by atoms with van der Waals surface area (Å²) in [5.41, 5.74) is 1.94. The van der Waals surface area contributed by atoms with Gasteiger partial charge in [0.1, 0.15) is 12.3 Å². The molecule has 2 aromatic rings. The van der Waals surface area contributed by atoms with E-state index in [1.165, 1.54) is 0 Å². The standard InChI is InChI=1S/C22H25NO5/c1-4-27-20-8-6-5-7-18(20)22(26)23-13-21(25)28-14-19(24)17-11-9-16(10-12-17)15(2)3/h5-12,15H,4,13-14H2,1-3H3,(H,23,26). The van der Waals surface area contributed by atoms with Crippen molar-refractivity contribution < 1.29 is 23.9 Å². The lowest BCUT2D eigenvalue weighted by Crippen LogP contribution is -2.31. The number of esters is 1. The van der Waals surface area contributed by atoms with Crippen molar-refractivity contribution in [1.29, 1.82) is 0 Å².